The van der Waals surface area contributed by atoms with E-state index in [0.717, 1.165) is 43.1 Å². The van der Waals surface area contributed by atoms with Crippen molar-refractivity contribution in [3.8, 4) is 11.1 Å². The van der Waals surface area contributed by atoms with E-state index < -0.39 is 0 Å². The van der Waals surface area contributed by atoms with Gasteiger partial charge in [0.15, 0.2) is 0 Å². The highest BCUT2D eigenvalue weighted by atomic mass is 32.1. The van der Waals surface area contributed by atoms with E-state index in [1.54, 1.807) is 11.1 Å². The standard InChI is InChI=1S/C50H74N2S/c1-13-18-20-22-30-50(31-23-21-19-14-2)42-34-36(46(6,7)8)24-26-38(42)39-27-25-37(35-43(39)50)48(11,16-4)32-33-49(12,17-5)41-29-28-40(47(9,10)15-3)44-45(41)52-53-51-44/h24-29,34-35H,13-23,30-33H2,1-12H3. The van der Waals surface area contributed by atoms with E-state index in [4.69, 9.17) is 8.75 Å². The number of benzene rings is 3. The van der Waals surface area contributed by atoms with Gasteiger partial charge in [-0.05, 0) is 111 Å². The molecule has 0 radical (unpaired) electrons. The lowest BCUT2D eigenvalue weighted by Crippen LogP contribution is -2.30. The van der Waals surface area contributed by atoms with Crippen LogP contribution in [-0.4, -0.2) is 8.75 Å². The van der Waals surface area contributed by atoms with Gasteiger partial charge in [0, 0.05) is 5.41 Å². The number of rotatable bonds is 19. The van der Waals surface area contributed by atoms with Gasteiger partial charge in [-0.15, -0.1) is 0 Å². The molecule has 1 heterocycles. The third-order valence-electron chi connectivity index (χ3n) is 14.3. The quantitative estimate of drug-likeness (QED) is 0.0897. The summed E-state index contributed by atoms with van der Waals surface area (Å²) >= 11 is 1.38. The third-order valence-corrected chi connectivity index (χ3v) is 14.8. The maximum Gasteiger partial charge on any atom is 0.108 e. The second-order valence-corrected chi connectivity index (χ2v) is 19.7. The molecule has 2 unspecified atom stereocenters. The Hall–Kier alpha value is -2.52. The largest absolute Gasteiger partial charge is 0.173 e. The second kappa shape index (κ2) is 16.7. The Labute approximate surface area is 329 Å². The molecule has 3 heteroatoms. The van der Waals surface area contributed by atoms with Gasteiger partial charge in [-0.3, -0.25) is 0 Å². The highest BCUT2D eigenvalue weighted by Crippen LogP contribution is 2.56. The van der Waals surface area contributed by atoms with E-state index in [9.17, 15) is 0 Å². The lowest BCUT2D eigenvalue weighted by atomic mass is 9.66. The molecule has 0 saturated carbocycles. The van der Waals surface area contributed by atoms with E-state index in [1.165, 1.54) is 109 Å². The summed E-state index contributed by atoms with van der Waals surface area (Å²) in [4.78, 5) is 0. The van der Waals surface area contributed by atoms with Crippen molar-refractivity contribution in [1.29, 1.82) is 0 Å². The lowest BCUT2D eigenvalue weighted by molar-refractivity contribution is 0.323. The summed E-state index contributed by atoms with van der Waals surface area (Å²) in [5, 5.41) is 0. The molecular formula is C50H74N2S. The third kappa shape index (κ3) is 8.22. The molecule has 0 saturated heterocycles. The summed E-state index contributed by atoms with van der Waals surface area (Å²) in [6, 6.07) is 20.1. The average molecular weight is 735 g/mol. The minimum atomic E-state index is 0.0257. The highest BCUT2D eigenvalue weighted by molar-refractivity contribution is 7.00. The minimum absolute atomic E-state index is 0.0257. The average Bonchev–Trinajstić information content (AvgIpc) is 3.74. The zero-order valence-electron chi connectivity index (χ0n) is 36.0. The van der Waals surface area contributed by atoms with Crippen molar-refractivity contribution in [2.75, 3.05) is 0 Å². The first kappa shape index (κ1) is 41.6. The first-order chi connectivity index (χ1) is 25.1. The van der Waals surface area contributed by atoms with Crippen molar-refractivity contribution in [3.63, 3.8) is 0 Å². The van der Waals surface area contributed by atoms with E-state index in [-0.39, 0.29) is 27.1 Å². The molecule has 2 atom stereocenters. The smallest absolute Gasteiger partial charge is 0.108 e. The van der Waals surface area contributed by atoms with Gasteiger partial charge >= 0.3 is 0 Å². The van der Waals surface area contributed by atoms with Crippen LogP contribution in [0.4, 0.5) is 0 Å². The molecule has 5 rings (SSSR count). The van der Waals surface area contributed by atoms with Gasteiger partial charge in [0.05, 0.1) is 11.7 Å². The Bertz CT molecular complexity index is 1810. The maximum absolute atomic E-state index is 4.96. The second-order valence-electron chi connectivity index (χ2n) is 19.2. The van der Waals surface area contributed by atoms with Crippen LogP contribution in [0.15, 0.2) is 48.5 Å². The fraction of sp³-hybridized carbons (Fsp3) is 0.640. The highest BCUT2D eigenvalue weighted by Gasteiger charge is 2.44. The van der Waals surface area contributed by atoms with Crippen LogP contribution in [0.25, 0.3) is 22.2 Å². The molecule has 0 bridgehead atoms. The van der Waals surface area contributed by atoms with Crippen molar-refractivity contribution in [2.24, 2.45) is 0 Å². The lowest BCUT2D eigenvalue weighted by Gasteiger charge is -2.38. The van der Waals surface area contributed by atoms with E-state index >= 15 is 0 Å². The van der Waals surface area contributed by atoms with Crippen molar-refractivity contribution >= 4 is 22.8 Å². The summed E-state index contributed by atoms with van der Waals surface area (Å²) in [5.41, 5.74) is 14.7. The minimum Gasteiger partial charge on any atom is -0.173 e. The molecule has 0 fully saturated rings. The molecule has 0 amide bonds. The molecule has 0 N–H and O–H groups in total. The van der Waals surface area contributed by atoms with Crippen molar-refractivity contribution in [3.05, 3.63) is 81.9 Å². The SMILES string of the molecule is CCCCCCC1(CCCCCC)c2cc(C(C)(C)C)ccc2-c2ccc(C(C)(CC)CCC(C)(CC)c3ccc(C(C)(C)CC)c4nsnc34)cc21. The van der Waals surface area contributed by atoms with Crippen molar-refractivity contribution in [2.45, 2.75) is 206 Å². The van der Waals surface area contributed by atoms with Gasteiger partial charge in [-0.2, -0.15) is 8.75 Å². The van der Waals surface area contributed by atoms with Crippen LogP contribution in [0, 0.1) is 0 Å². The van der Waals surface area contributed by atoms with Crippen LogP contribution in [0.1, 0.15) is 213 Å². The predicted octanol–water partition coefficient (Wildman–Crippen LogP) is 15.7. The first-order valence-electron chi connectivity index (χ1n) is 21.7. The van der Waals surface area contributed by atoms with Gasteiger partial charge < -0.3 is 0 Å². The molecule has 3 aromatic carbocycles. The van der Waals surface area contributed by atoms with E-state index in [2.05, 4.69) is 132 Å². The zero-order valence-corrected chi connectivity index (χ0v) is 36.8. The molecule has 4 aromatic rings. The molecule has 1 aliphatic rings. The number of hydrogen-bond acceptors (Lipinski definition) is 3. The summed E-state index contributed by atoms with van der Waals surface area (Å²) in [7, 11) is 0. The van der Waals surface area contributed by atoms with E-state index in [0.29, 0.717) is 0 Å². The van der Waals surface area contributed by atoms with Crippen LogP contribution in [0.5, 0.6) is 0 Å². The first-order valence-corrected chi connectivity index (χ1v) is 22.4. The zero-order chi connectivity index (χ0) is 38.7. The number of fused-ring (bicyclic) bond motifs is 4. The number of unbranched alkanes of at least 4 members (excludes halogenated alkanes) is 6. The fourth-order valence-electron chi connectivity index (χ4n) is 9.38. The molecular weight excluding hydrogens is 661 g/mol. The summed E-state index contributed by atoms with van der Waals surface area (Å²) in [5.74, 6) is 0. The van der Waals surface area contributed by atoms with Crippen LogP contribution < -0.4 is 0 Å². The van der Waals surface area contributed by atoms with Crippen molar-refractivity contribution in [1.82, 2.24) is 8.75 Å². The molecule has 53 heavy (non-hydrogen) atoms. The van der Waals surface area contributed by atoms with Crippen LogP contribution >= 0.6 is 11.7 Å². The van der Waals surface area contributed by atoms with Gasteiger partial charge in [0.1, 0.15) is 11.0 Å². The van der Waals surface area contributed by atoms with Crippen LogP contribution in [0.2, 0.25) is 0 Å². The number of aromatic nitrogens is 2. The predicted molar refractivity (Wildman–Crippen MR) is 234 cm³/mol. The van der Waals surface area contributed by atoms with Crippen LogP contribution in [-0.2, 0) is 27.1 Å². The normalized spacial score (nSPS) is 16.4. The van der Waals surface area contributed by atoms with Gasteiger partial charge in [0.2, 0.25) is 0 Å². The molecule has 1 aromatic heterocycles. The van der Waals surface area contributed by atoms with Crippen LogP contribution in [0.3, 0.4) is 0 Å². The fourth-order valence-corrected chi connectivity index (χ4v) is 9.95. The summed E-state index contributed by atoms with van der Waals surface area (Å²) < 4.78 is 9.85. The van der Waals surface area contributed by atoms with Gasteiger partial charge in [-0.1, -0.05) is 183 Å². The van der Waals surface area contributed by atoms with Crippen molar-refractivity contribution < 1.29 is 0 Å². The Morgan fingerprint density at radius 3 is 1.53 bits per heavy atom. The molecule has 1 aliphatic carbocycles. The van der Waals surface area contributed by atoms with Gasteiger partial charge in [0.25, 0.3) is 0 Å². The topological polar surface area (TPSA) is 25.8 Å². The number of hydrogen-bond donors (Lipinski definition) is 0. The Morgan fingerprint density at radius 1 is 0.528 bits per heavy atom. The summed E-state index contributed by atoms with van der Waals surface area (Å²) in [6.07, 6.45) is 18.6. The Morgan fingerprint density at radius 2 is 1.02 bits per heavy atom. The molecule has 0 aliphatic heterocycles. The maximum atomic E-state index is 4.96. The van der Waals surface area contributed by atoms with Gasteiger partial charge in [-0.25, -0.2) is 0 Å². The molecule has 290 valence electrons. The molecule has 2 nitrogen and oxygen atoms in total. The summed E-state index contributed by atoms with van der Waals surface area (Å²) in [6.45, 7) is 28.7. The Kier molecular flexibility index (Phi) is 13.1. The number of nitrogens with zero attached hydrogens (tertiary/aromatic N) is 2. The molecule has 0 spiro atoms. The van der Waals surface area contributed by atoms with E-state index in [1.807, 2.05) is 0 Å². The Balaban J connectivity index is 1.56. The monoisotopic (exact) mass is 735 g/mol.